The van der Waals surface area contributed by atoms with Gasteiger partial charge < -0.3 is 11.1 Å². The maximum absolute atomic E-state index is 13.3. The highest BCUT2D eigenvalue weighted by atomic mass is 19.1. The van der Waals surface area contributed by atoms with Crippen molar-refractivity contribution in [2.24, 2.45) is 0 Å². The number of aromatic nitrogens is 2. The highest BCUT2D eigenvalue weighted by Crippen LogP contribution is 2.20. The molecule has 5 nitrogen and oxygen atoms in total. The Morgan fingerprint density at radius 3 is 2.88 bits per heavy atom. The Morgan fingerprint density at radius 1 is 1.35 bits per heavy atom. The summed E-state index contributed by atoms with van der Waals surface area (Å²) in [6.07, 6.45) is 1.47. The summed E-state index contributed by atoms with van der Waals surface area (Å²) < 4.78 is 13.3. The molecule has 1 heterocycles. The molecular weight excluding hydrogens is 221 g/mol. The lowest BCUT2D eigenvalue weighted by Gasteiger charge is -2.06. The monoisotopic (exact) mass is 229 g/mol. The number of nitriles is 1. The van der Waals surface area contributed by atoms with E-state index in [4.69, 9.17) is 11.0 Å². The first-order valence-corrected chi connectivity index (χ1v) is 4.75. The molecule has 0 unspecified atom stereocenters. The second-order valence-corrected chi connectivity index (χ2v) is 3.20. The van der Waals surface area contributed by atoms with Crippen LogP contribution in [0.2, 0.25) is 0 Å². The second-order valence-electron chi connectivity index (χ2n) is 3.20. The Morgan fingerprint density at radius 2 is 2.18 bits per heavy atom. The number of benzene rings is 1. The van der Waals surface area contributed by atoms with Crippen LogP contribution in [-0.4, -0.2) is 9.97 Å². The normalized spacial score (nSPS) is 9.65. The van der Waals surface area contributed by atoms with Crippen molar-refractivity contribution in [2.45, 2.75) is 0 Å². The average Bonchev–Trinajstić information content (AvgIpc) is 2.29. The first-order valence-electron chi connectivity index (χ1n) is 4.75. The van der Waals surface area contributed by atoms with Crippen molar-refractivity contribution in [2.75, 3.05) is 11.1 Å². The fourth-order valence-electron chi connectivity index (χ4n) is 1.30. The molecule has 1 aromatic heterocycles. The predicted octanol–water partition coefficient (Wildman–Crippen LogP) is 1.81. The Bertz CT molecular complexity index is 591. The number of nitrogens with zero attached hydrogens (tertiary/aromatic N) is 3. The van der Waals surface area contributed by atoms with Crippen LogP contribution in [0.1, 0.15) is 5.56 Å². The molecule has 84 valence electrons. The highest BCUT2D eigenvalue weighted by molar-refractivity contribution is 5.63. The van der Waals surface area contributed by atoms with E-state index in [1.54, 1.807) is 12.1 Å². The van der Waals surface area contributed by atoms with Crippen molar-refractivity contribution < 1.29 is 4.39 Å². The van der Waals surface area contributed by atoms with Crippen LogP contribution in [0.25, 0.3) is 0 Å². The van der Waals surface area contributed by atoms with Crippen molar-refractivity contribution >= 4 is 17.5 Å². The first-order chi connectivity index (χ1) is 8.20. The molecule has 0 aliphatic heterocycles. The van der Waals surface area contributed by atoms with E-state index in [0.29, 0.717) is 5.69 Å². The van der Waals surface area contributed by atoms with Crippen molar-refractivity contribution in [3.05, 3.63) is 41.8 Å². The molecule has 0 bridgehead atoms. The quantitative estimate of drug-likeness (QED) is 0.819. The van der Waals surface area contributed by atoms with E-state index in [-0.39, 0.29) is 17.3 Å². The molecule has 3 N–H and O–H groups in total. The molecule has 17 heavy (non-hydrogen) atoms. The van der Waals surface area contributed by atoms with Crippen LogP contribution >= 0.6 is 0 Å². The van der Waals surface area contributed by atoms with Gasteiger partial charge in [0, 0.05) is 6.20 Å². The van der Waals surface area contributed by atoms with Crippen molar-refractivity contribution in [1.29, 1.82) is 5.26 Å². The molecule has 0 aliphatic carbocycles. The van der Waals surface area contributed by atoms with E-state index in [0.717, 1.165) is 0 Å². The van der Waals surface area contributed by atoms with E-state index < -0.39 is 5.82 Å². The molecule has 6 heteroatoms. The molecule has 0 amide bonds. The number of nitrogens with one attached hydrogen (secondary N) is 1. The number of hydrogen-bond donors (Lipinski definition) is 2. The third-order valence-electron chi connectivity index (χ3n) is 2.05. The van der Waals surface area contributed by atoms with Gasteiger partial charge in [-0.1, -0.05) is 6.07 Å². The lowest BCUT2D eigenvalue weighted by molar-refractivity contribution is 0.624. The Balaban J connectivity index is 2.37. The zero-order valence-corrected chi connectivity index (χ0v) is 8.68. The fourth-order valence-corrected chi connectivity index (χ4v) is 1.30. The predicted molar refractivity (Wildman–Crippen MR) is 60.8 cm³/mol. The number of halogens is 1. The molecule has 0 fully saturated rings. The zero-order valence-electron chi connectivity index (χ0n) is 8.68. The summed E-state index contributed by atoms with van der Waals surface area (Å²) in [5, 5.41) is 11.6. The standard InChI is InChI=1S/C11H8FN5/c12-8-2-1-3-9(7(8)6-13)16-11-15-5-4-10(14)17-11/h1-5H,(H3,14,15,16,17). The Kier molecular flexibility index (Phi) is 2.83. The van der Waals surface area contributed by atoms with E-state index in [1.807, 2.05) is 0 Å². The van der Waals surface area contributed by atoms with Gasteiger partial charge in [-0.2, -0.15) is 10.2 Å². The van der Waals surface area contributed by atoms with E-state index in [9.17, 15) is 4.39 Å². The minimum Gasteiger partial charge on any atom is -0.384 e. The van der Waals surface area contributed by atoms with Crippen LogP contribution in [0.3, 0.4) is 0 Å². The van der Waals surface area contributed by atoms with Gasteiger partial charge in [0.25, 0.3) is 0 Å². The van der Waals surface area contributed by atoms with Gasteiger partial charge in [0.05, 0.1) is 5.69 Å². The summed E-state index contributed by atoms with van der Waals surface area (Å²) >= 11 is 0. The molecule has 0 saturated carbocycles. The minimum atomic E-state index is -0.596. The molecule has 1 aromatic carbocycles. The summed E-state index contributed by atoms with van der Waals surface area (Å²) in [5.74, 6) is -0.0917. The largest absolute Gasteiger partial charge is 0.384 e. The third kappa shape index (κ3) is 2.29. The van der Waals surface area contributed by atoms with Gasteiger partial charge in [-0.05, 0) is 18.2 Å². The smallest absolute Gasteiger partial charge is 0.229 e. The van der Waals surface area contributed by atoms with Crippen LogP contribution in [0.4, 0.5) is 21.8 Å². The van der Waals surface area contributed by atoms with E-state index in [2.05, 4.69) is 15.3 Å². The molecule has 0 saturated heterocycles. The fraction of sp³-hybridized carbons (Fsp3) is 0. The second kappa shape index (κ2) is 4.45. The van der Waals surface area contributed by atoms with Crippen LogP contribution in [0.5, 0.6) is 0 Å². The molecule has 0 radical (unpaired) electrons. The first kappa shape index (κ1) is 10.8. The average molecular weight is 229 g/mol. The van der Waals surface area contributed by atoms with Crippen LogP contribution in [0.15, 0.2) is 30.5 Å². The Labute approximate surface area is 96.7 Å². The summed E-state index contributed by atoms with van der Waals surface area (Å²) in [7, 11) is 0. The van der Waals surface area contributed by atoms with Crippen molar-refractivity contribution in [3.63, 3.8) is 0 Å². The molecule has 0 spiro atoms. The van der Waals surface area contributed by atoms with Gasteiger partial charge in [-0.25, -0.2) is 9.37 Å². The molecular formula is C11H8FN5. The summed E-state index contributed by atoms with van der Waals surface area (Å²) in [4.78, 5) is 7.80. The molecule has 0 aliphatic rings. The molecule has 2 rings (SSSR count). The van der Waals surface area contributed by atoms with Crippen LogP contribution in [-0.2, 0) is 0 Å². The number of nitrogen functional groups attached to an aromatic ring is 1. The van der Waals surface area contributed by atoms with Crippen LogP contribution in [0, 0.1) is 17.1 Å². The van der Waals surface area contributed by atoms with Crippen molar-refractivity contribution in [3.8, 4) is 6.07 Å². The number of hydrogen-bond acceptors (Lipinski definition) is 5. The summed E-state index contributed by atoms with van der Waals surface area (Å²) in [6.45, 7) is 0. The van der Waals surface area contributed by atoms with Gasteiger partial charge in [-0.15, -0.1) is 0 Å². The topological polar surface area (TPSA) is 87.6 Å². The molecule has 2 aromatic rings. The van der Waals surface area contributed by atoms with Gasteiger partial charge >= 0.3 is 0 Å². The maximum atomic E-state index is 13.3. The van der Waals surface area contributed by atoms with E-state index >= 15 is 0 Å². The number of nitrogens with two attached hydrogens (primary N) is 1. The van der Waals surface area contributed by atoms with Gasteiger partial charge in [0.15, 0.2) is 0 Å². The number of rotatable bonds is 2. The lowest BCUT2D eigenvalue weighted by atomic mass is 10.2. The minimum absolute atomic E-state index is 0.0847. The highest BCUT2D eigenvalue weighted by Gasteiger charge is 2.08. The van der Waals surface area contributed by atoms with E-state index in [1.165, 1.54) is 24.4 Å². The lowest BCUT2D eigenvalue weighted by Crippen LogP contribution is -2.01. The van der Waals surface area contributed by atoms with Crippen molar-refractivity contribution in [1.82, 2.24) is 9.97 Å². The van der Waals surface area contributed by atoms with Crippen LogP contribution < -0.4 is 11.1 Å². The summed E-state index contributed by atoms with van der Waals surface area (Å²) in [5.41, 5.74) is 5.70. The molecule has 0 atom stereocenters. The van der Waals surface area contributed by atoms with Gasteiger partial charge in [0.2, 0.25) is 5.95 Å². The maximum Gasteiger partial charge on any atom is 0.229 e. The summed E-state index contributed by atoms with van der Waals surface area (Å²) in [6, 6.07) is 7.57. The zero-order chi connectivity index (χ0) is 12.3. The third-order valence-corrected chi connectivity index (χ3v) is 2.05. The number of anilines is 3. The Hall–Kier alpha value is -2.68. The van der Waals surface area contributed by atoms with Gasteiger partial charge in [0.1, 0.15) is 23.3 Å². The van der Waals surface area contributed by atoms with Gasteiger partial charge in [-0.3, -0.25) is 0 Å². The SMILES string of the molecule is N#Cc1c(F)cccc1Nc1nccc(N)n1.